The van der Waals surface area contributed by atoms with Crippen LogP contribution >= 0.6 is 11.3 Å². The molecular formula is C7H8N2O2S. The van der Waals surface area contributed by atoms with Crippen LogP contribution < -0.4 is 10.5 Å². The van der Waals surface area contributed by atoms with Gasteiger partial charge in [0.25, 0.3) is 6.47 Å². The smallest absolute Gasteiger partial charge is 0.299 e. The van der Waals surface area contributed by atoms with Crippen LogP contribution in [0.15, 0.2) is 12.7 Å². The summed E-state index contributed by atoms with van der Waals surface area (Å²) in [6.07, 6.45) is 2.31. The highest BCUT2D eigenvalue weighted by Crippen LogP contribution is 2.27. The molecule has 4 nitrogen and oxygen atoms in total. The molecule has 1 heterocycles. The first-order chi connectivity index (χ1) is 5.77. The van der Waals surface area contributed by atoms with Crippen molar-refractivity contribution in [3.63, 3.8) is 0 Å². The molecule has 0 bridgehead atoms. The molecule has 0 saturated carbocycles. The van der Waals surface area contributed by atoms with E-state index in [1.807, 2.05) is 0 Å². The van der Waals surface area contributed by atoms with E-state index in [1.165, 1.54) is 11.3 Å². The SMILES string of the molecule is C=CCc1sc(N)nc1OC=O. The lowest BCUT2D eigenvalue weighted by Crippen LogP contribution is -1.92. The minimum Gasteiger partial charge on any atom is -0.408 e. The lowest BCUT2D eigenvalue weighted by Gasteiger charge is -1.92. The van der Waals surface area contributed by atoms with Crippen LogP contribution in [-0.2, 0) is 11.2 Å². The highest BCUT2D eigenvalue weighted by Gasteiger charge is 2.08. The molecule has 0 aliphatic heterocycles. The molecule has 1 aromatic rings. The molecule has 5 heteroatoms. The van der Waals surface area contributed by atoms with Gasteiger partial charge in [-0.05, 0) is 0 Å². The van der Waals surface area contributed by atoms with E-state index in [9.17, 15) is 4.79 Å². The minimum absolute atomic E-state index is 0.285. The Morgan fingerprint density at radius 1 is 1.75 bits per heavy atom. The Labute approximate surface area is 73.7 Å². The zero-order valence-corrected chi connectivity index (χ0v) is 7.13. The van der Waals surface area contributed by atoms with E-state index in [0.29, 0.717) is 18.0 Å². The normalized spacial score (nSPS) is 9.33. The topological polar surface area (TPSA) is 65.2 Å². The van der Waals surface area contributed by atoms with E-state index in [2.05, 4.69) is 16.3 Å². The van der Waals surface area contributed by atoms with Crippen LogP contribution in [-0.4, -0.2) is 11.5 Å². The number of carbonyl (C=O) groups excluding carboxylic acids is 1. The van der Waals surface area contributed by atoms with Crippen LogP contribution in [0.3, 0.4) is 0 Å². The Bertz CT molecular complexity index is 268. The van der Waals surface area contributed by atoms with Gasteiger partial charge in [0.1, 0.15) is 0 Å². The lowest BCUT2D eigenvalue weighted by molar-refractivity contribution is -0.120. The average Bonchev–Trinajstić information content (AvgIpc) is 2.33. The summed E-state index contributed by atoms with van der Waals surface area (Å²) in [5.41, 5.74) is 5.42. The largest absolute Gasteiger partial charge is 0.408 e. The summed E-state index contributed by atoms with van der Waals surface area (Å²) in [6.45, 7) is 3.90. The van der Waals surface area contributed by atoms with Crippen molar-refractivity contribution in [1.29, 1.82) is 0 Å². The van der Waals surface area contributed by atoms with Gasteiger partial charge in [0.05, 0.1) is 4.88 Å². The van der Waals surface area contributed by atoms with Crippen LogP contribution in [0, 0.1) is 0 Å². The zero-order chi connectivity index (χ0) is 8.97. The summed E-state index contributed by atoms with van der Waals surface area (Å²) >= 11 is 1.29. The third kappa shape index (κ3) is 1.82. The van der Waals surface area contributed by atoms with Crippen molar-refractivity contribution in [1.82, 2.24) is 4.98 Å². The van der Waals surface area contributed by atoms with Gasteiger partial charge in [0.2, 0.25) is 5.88 Å². The van der Waals surface area contributed by atoms with E-state index in [4.69, 9.17) is 5.73 Å². The molecule has 0 saturated heterocycles. The predicted molar refractivity (Wildman–Crippen MR) is 47.1 cm³/mol. The number of nitrogen functional groups attached to an aromatic ring is 1. The Morgan fingerprint density at radius 2 is 2.50 bits per heavy atom. The second-order valence-corrected chi connectivity index (χ2v) is 3.10. The molecule has 1 rings (SSSR count). The standard InChI is InChI=1S/C7H8N2O2S/c1-2-3-5-6(11-4-10)9-7(8)12-5/h2,4H,1,3H2,(H2,8,9). The van der Waals surface area contributed by atoms with Gasteiger partial charge < -0.3 is 10.5 Å². The molecule has 1 aromatic heterocycles. The van der Waals surface area contributed by atoms with Gasteiger partial charge in [-0.2, -0.15) is 4.98 Å². The van der Waals surface area contributed by atoms with Crippen LogP contribution in [0.25, 0.3) is 0 Å². The van der Waals surface area contributed by atoms with Crippen molar-refractivity contribution >= 4 is 22.9 Å². The number of nitrogens with zero attached hydrogens (tertiary/aromatic N) is 1. The van der Waals surface area contributed by atoms with Gasteiger partial charge in [-0.15, -0.1) is 6.58 Å². The zero-order valence-electron chi connectivity index (χ0n) is 6.32. The van der Waals surface area contributed by atoms with Gasteiger partial charge in [0.15, 0.2) is 5.13 Å². The summed E-state index contributed by atoms with van der Waals surface area (Å²) in [4.78, 5) is 14.6. The number of thiazole rings is 1. The number of nitrogens with two attached hydrogens (primary N) is 1. The van der Waals surface area contributed by atoms with E-state index >= 15 is 0 Å². The number of rotatable bonds is 4. The number of anilines is 1. The van der Waals surface area contributed by atoms with Crippen molar-refractivity contribution < 1.29 is 9.53 Å². The van der Waals surface area contributed by atoms with Gasteiger partial charge in [-0.1, -0.05) is 17.4 Å². The molecule has 0 aromatic carbocycles. The summed E-state index contributed by atoms with van der Waals surface area (Å²) in [5, 5.41) is 0.392. The molecule has 2 N–H and O–H groups in total. The van der Waals surface area contributed by atoms with Crippen LogP contribution in [0.4, 0.5) is 5.13 Å². The first kappa shape index (κ1) is 8.73. The Hall–Kier alpha value is -1.36. The fourth-order valence-electron chi connectivity index (χ4n) is 0.753. The Kier molecular flexibility index (Phi) is 2.82. The summed E-state index contributed by atoms with van der Waals surface area (Å²) in [6, 6.07) is 0. The fraction of sp³-hybridized carbons (Fsp3) is 0.143. The maximum absolute atomic E-state index is 10.0. The molecule has 0 spiro atoms. The number of carbonyl (C=O) groups is 1. The quantitative estimate of drug-likeness (QED) is 0.559. The number of ether oxygens (including phenoxy) is 1. The molecule has 12 heavy (non-hydrogen) atoms. The molecular weight excluding hydrogens is 176 g/mol. The van der Waals surface area contributed by atoms with E-state index in [1.54, 1.807) is 6.08 Å². The number of aromatic nitrogens is 1. The van der Waals surface area contributed by atoms with E-state index < -0.39 is 0 Å². The highest BCUT2D eigenvalue weighted by atomic mass is 32.1. The summed E-state index contributed by atoms with van der Waals surface area (Å²) in [5.74, 6) is 0.285. The lowest BCUT2D eigenvalue weighted by atomic mass is 10.4. The maximum Gasteiger partial charge on any atom is 0.299 e. The van der Waals surface area contributed by atoms with Crippen LogP contribution in [0.1, 0.15) is 4.88 Å². The highest BCUT2D eigenvalue weighted by molar-refractivity contribution is 7.15. The van der Waals surface area contributed by atoms with Crippen molar-refractivity contribution in [3.05, 3.63) is 17.5 Å². The fourth-order valence-corrected chi connectivity index (χ4v) is 1.52. The van der Waals surface area contributed by atoms with Crippen LogP contribution in [0.5, 0.6) is 5.88 Å². The van der Waals surface area contributed by atoms with Gasteiger partial charge in [-0.3, -0.25) is 4.79 Å². The minimum atomic E-state index is 0.285. The Balaban J connectivity index is 2.90. The maximum atomic E-state index is 10.0. The summed E-state index contributed by atoms with van der Waals surface area (Å²) in [7, 11) is 0. The predicted octanol–water partition coefficient (Wildman–Crippen LogP) is 0.989. The first-order valence-corrected chi connectivity index (χ1v) is 4.06. The number of hydrogen-bond acceptors (Lipinski definition) is 5. The molecule has 0 amide bonds. The monoisotopic (exact) mass is 184 g/mol. The molecule has 64 valence electrons. The molecule has 0 radical (unpaired) electrons. The second-order valence-electron chi connectivity index (χ2n) is 1.99. The number of hydrogen-bond donors (Lipinski definition) is 1. The van der Waals surface area contributed by atoms with E-state index in [-0.39, 0.29) is 5.88 Å². The molecule has 0 unspecified atom stereocenters. The third-order valence-electron chi connectivity index (χ3n) is 1.17. The summed E-state index contributed by atoms with van der Waals surface area (Å²) < 4.78 is 4.60. The van der Waals surface area contributed by atoms with Crippen molar-refractivity contribution in [2.45, 2.75) is 6.42 Å². The average molecular weight is 184 g/mol. The molecule has 0 aliphatic rings. The first-order valence-electron chi connectivity index (χ1n) is 3.24. The van der Waals surface area contributed by atoms with Gasteiger partial charge >= 0.3 is 0 Å². The Morgan fingerprint density at radius 3 is 3.08 bits per heavy atom. The molecule has 0 fully saturated rings. The third-order valence-corrected chi connectivity index (χ3v) is 2.06. The van der Waals surface area contributed by atoms with Crippen molar-refractivity contribution in [3.8, 4) is 5.88 Å². The van der Waals surface area contributed by atoms with Gasteiger partial charge in [-0.25, -0.2) is 0 Å². The molecule has 0 atom stereocenters. The number of allylic oxidation sites excluding steroid dienone is 1. The second kappa shape index (κ2) is 3.87. The molecule has 0 aliphatic carbocycles. The van der Waals surface area contributed by atoms with Crippen molar-refractivity contribution in [2.75, 3.05) is 5.73 Å². The van der Waals surface area contributed by atoms with Crippen LogP contribution in [0.2, 0.25) is 0 Å². The van der Waals surface area contributed by atoms with E-state index in [0.717, 1.165) is 4.88 Å². The van der Waals surface area contributed by atoms with Gasteiger partial charge in [0, 0.05) is 6.42 Å². The van der Waals surface area contributed by atoms with Crippen molar-refractivity contribution in [2.24, 2.45) is 0 Å².